The van der Waals surface area contributed by atoms with Gasteiger partial charge in [0.25, 0.3) is 0 Å². The lowest BCUT2D eigenvalue weighted by Crippen LogP contribution is -2.31. The van der Waals surface area contributed by atoms with Crippen molar-refractivity contribution in [3.05, 3.63) is 41.7 Å². The van der Waals surface area contributed by atoms with Crippen LogP contribution in [0.3, 0.4) is 0 Å². The summed E-state index contributed by atoms with van der Waals surface area (Å²) < 4.78 is 78.8. The van der Waals surface area contributed by atoms with Crippen molar-refractivity contribution >= 4 is 0 Å². The van der Waals surface area contributed by atoms with E-state index in [0.717, 1.165) is 6.20 Å². The van der Waals surface area contributed by atoms with Crippen LogP contribution in [0.25, 0.3) is 11.4 Å². The molecular formula is C16H17F6N3. The van der Waals surface area contributed by atoms with E-state index in [-0.39, 0.29) is 17.4 Å². The van der Waals surface area contributed by atoms with Gasteiger partial charge in [0.2, 0.25) is 0 Å². The minimum Gasteiger partial charge on any atom is -0.328 e. The molecule has 3 nitrogen and oxygen atoms in total. The zero-order valence-electron chi connectivity index (χ0n) is 13.7. The SMILES string of the molecule is CN[C@H](c1ccc(-c2nc(C(F)(F)F)cn2C(C)C)cc1)C(F)(F)F. The number of nitrogens with one attached hydrogen (secondary N) is 1. The van der Waals surface area contributed by atoms with Gasteiger partial charge < -0.3 is 9.88 Å². The van der Waals surface area contributed by atoms with E-state index in [1.807, 2.05) is 0 Å². The summed E-state index contributed by atoms with van der Waals surface area (Å²) in [6, 6.07) is 3.00. The first-order chi connectivity index (χ1) is 11.4. The number of aromatic nitrogens is 2. The van der Waals surface area contributed by atoms with E-state index in [9.17, 15) is 26.3 Å². The molecule has 0 saturated carbocycles. The Bertz CT molecular complexity index is 713. The molecule has 0 radical (unpaired) electrons. The Hall–Kier alpha value is -2.03. The molecule has 2 aromatic rings. The number of rotatable bonds is 4. The Morgan fingerprint density at radius 3 is 1.96 bits per heavy atom. The number of benzene rings is 1. The topological polar surface area (TPSA) is 29.9 Å². The van der Waals surface area contributed by atoms with Crippen LogP contribution < -0.4 is 5.32 Å². The Morgan fingerprint density at radius 2 is 1.56 bits per heavy atom. The van der Waals surface area contributed by atoms with Gasteiger partial charge in [0.05, 0.1) is 0 Å². The zero-order valence-corrected chi connectivity index (χ0v) is 13.7. The van der Waals surface area contributed by atoms with Gasteiger partial charge in [-0.25, -0.2) is 4.98 Å². The summed E-state index contributed by atoms with van der Waals surface area (Å²) in [4.78, 5) is 3.62. The normalized spacial score (nSPS) is 14.2. The van der Waals surface area contributed by atoms with Gasteiger partial charge in [0.1, 0.15) is 11.9 Å². The maximum Gasteiger partial charge on any atom is 0.434 e. The minimum atomic E-state index is -4.59. The first kappa shape index (κ1) is 19.3. The smallest absolute Gasteiger partial charge is 0.328 e. The Morgan fingerprint density at radius 1 is 1.00 bits per heavy atom. The molecule has 0 amide bonds. The summed E-state index contributed by atoms with van der Waals surface area (Å²) in [6.45, 7) is 3.39. The molecule has 138 valence electrons. The van der Waals surface area contributed by atoms with E-state index in [4.69, 9.17) is 0 Å². The fourth-order valence-corrected chi connectivity index (χ4v) is 2.48. The molecule has 0 fully saturated rings. The van der Waals surface area contributed by atoms with Crippen molar-refractivity contribution in [3.8, 4) is 11.4 Å². The van der Waals surface area contributed by atoms with Crippen molar-refractivity contribution in [3.63, 3.8) is 0 Å². The van der Waals surface area contributed by atoms with Crippen LogP contribution in [0.5, 0.6) is 0 Å². The maximum absolute atomic E-state index is 12.9. The van der Waals surface area contributed by atoms with Gasteiger partial charge in [0.15, 0.2) is 5.69 Å². The Labute approximate surface area is 140 Å². The number of halogens is 6. The molecule has 0 bridgehead atoms. The zero-order chi connectivity index (χ0) is 19.0. The van der Waals surface area contributed by atoms with Gasteiger partial charge >= 0.3 is 12.4 Å². The molecule has 2 rings (SSSR count). The first-order valence-corrected chi connectivity index (χ1v) is 7.45. The van der Waals surface area contributed by atoms with Gasteiger partial charge in [-0.05, 0) is 26.5 Å². The molecule has 25 heavy (non-hydrogen) atoms. The van der Waals surface area contributed by atoms with Crippen LogP contribution in [0.4, 0.5) is 26.3 Å². The molecule has 0 aliphatic heterocycles. The number of alkyl halides is 6. The molecule has 1 heterocycles. The van der Waals surface area contributed by atoms with Gasteiger partial charge in [-0.15, -0.1) is 0 Å². The predicted octanol–water partition coefficient (Wildman–Crippen LogP) is 4.97. The molecule has 1 aromatic carbocycles. The van der Waals surface area contributed by atoms with Gasteiger partial charge in [-0.3, -0.25) is 0 Å². The van der Waals surface area contributed by atoms with Gasteiger partial charge in [0, 0.05) is 17.8 Å². The van der Waals surface area contributed by atoms with E-state index < -0.39 is 24.1 Å². The number of hydrogen-bond donors (Lipinski definition) is 1. The number of nitrogens with zero attached hydrogens (tertiary/aromatic N) is 2. The predicted molar refractivity (Wildman–Crippen MR) is 80.9 cm³/mol. The summed E-state index contributed by atoms with van der Waals surface area (Å²) in [5, 5.41) is 2.18. The summed E-state index contributed by atoms with van der Waals surface area (Å²) >= 11 is 0. The van der Waals surface area contributed by atoms with Crippen molar-refractivity contribution < 1.29 is 26.3 Å². The van der Waals surface area contributed by atoms with Crippen LogP contribution in [0, 0.1) is 0 Å². The molecule has 0 spiro atoms. The van der Waals surface area contributed by atoms with E-state index in [1.165, 1.54) is 35.9 Å². The van der Waals surface area contributed by atoms with E-state index >= 15 is 0 Å². The Kier molecular flexibility index (Phi) is 5.17. The van der Waals surface area contributed by atoms with Gasteiger partial charge in [-0.1, -0.05) is 24.3 Å². The summed E-state index contributed by atoms with van der Waals surface area (Å²) in [6.07, 6.45) is -8.17. The van der Waals surface area contributed by atoms with Crippen LogP contribution in [-0.2, 0) is 6.18 Å². The highest BCUT2D eigenvalue weighted by molar-refractivity contribution is 5.57. The molecule has 1 atom stereocenters. The Balaban J connectivity index is 2.45. The minimum absolute atomic E-state index is 0.0301. The molecular weight excluding hydrogens is 348 g/mol. The summed E-state index contributed by atoms with van der Waals surface area (Å²) in [5.41, 5.74) is -0.758. The number of imidazole rings is 1. The van der Waals surface area contributed by atoms with Crippen molar-refractivity contribution in [2.75, 3.05) is 7.05 Å². The second kappa shape index (κ2) is 6.70. The average molecular weight is 365 g/mol. The standard InChI is InChI=1S/C16H17F6N3/c1-9(2)25-8-12(15(17,18)19)24-14(25)11-6-4-10(5-7-11)13(23-3)16(20,21)22/h4-9,13,23H,1-3H3/t13-/m1/s1. The highest BCUT2D eigenvalue weighted by Gasteiger charge is 2.39. The van der Waals surface area contributed by atoms with E-state index in [2.05, 4.69) is 10.3 Å². The highest BCUT2D eigenvalue weighted by atomic mass is 19.4. The van der Waals surface area contributed by atoms with Gasteiger partial charge in [-0.2, -0.15) is 26.3 Å². The van der Waals surface area contributed by atoms with Crippen molar-refractivity contribution in [1.82, 2.24) is 14.9 Å². The lowest BCUT2D eigenvalue weighted by molar-refractivity contribution is -0.156. The molecule has 1 N–H and O–H groups in total. The fraction of sp³-hybridized carbons (Fsp3) is 0.438. The maximum atomic E-state index is 12.9. The third-order valence-corrected chi connectivity index (χ3v) is 3.70. The number of hydrogen-bond acceptors (Lipinski definition) is 2. The molecule has 0 unspecified atom stereocenters. The third-order valence-electron chi connectivity index (χ3n) is 3.70. The van der Waals surface area contributed by atoms with Crippen LogP contribution in [0.1, 0.15) is 37.2 Å². The van der Waals surface area contributed by atoms with Crippen molar-refractivity contribution in [1.29, 1.82) is 0 Å². The average Bonchev–Trinajstić information content (AvgIpc) is 2.92. The van der Waals surface area contributed by atoms with E-state index in [1.54, 1.807) is 13.8 Å². The first-order valence-electron chi connectivity index (χ1n) is 7.45. The highest BCUT2D eigenvalue weighted by Crippen LogP contribution is 2.35. The second-order valence-corrected chi connectivity index (χ2v) is 5.83. The summed E-state index contributed by atoms with van der Waals surface area (Å²) in [7, 11) is 1.19. The van der Waals surface area contributed by atoms with Crippen LogP contribution in [-0.4, -0.2) is 22.8 Å². The molecule has 0 aliphatic rings. The molecule has 0 aliphatic carbocycles. The fourth-order valence-electron chi connectivity index (χ4n) is 2.48. The lowest BCUT2D eigenvalue weighted by atomic mass is 10.0. The second-order valence-electron chi connectivity index (χ2n) is 5.83. The van der Waals surface area contributed by atoms with Crippen molar-refractivity contribution in [2.24, 2.45) is 0 Å². The van der Waals surface area contributed by atoms with Crippen LogP contribution >= 0.6 is 0 Å². The lowest BCUT2D eigenvalue weighted by Gasteiger charge is -2.20. The van der Waals surface area contributed by atoms with Crippen LogP contribution in [0.15, 0.2) is 30.5 Å². The van der Waals surface area contributed by atoms with Crippen LogP contribution in [0.2, 0.25) is 0 Å². The largest absolute Gasteiger partial charge is 0.434 e. The molecule has 1 aromatic heterocycles. The molecule has 9 heteroatoms. The summed E-state index contributed by atoms with van der Waals surface area (Å²) in [5.74, 6) is 0.0573. The quantitative estimate of drug-likeness (QED) is 0.775. The molecule has 0 saturated heterocycles. The van der Waals surface area contributed by atoms with Crippen molar-refractivity contribution in [2.45, 2.75) is 38.3 Å². The third kappa shape index (κ3) is 4.15. The monoisotopic (exact) mass is 365 g/mol. The van der Waals surface area contributed by atoms with E-state index in [0.29, 0.717) is 5.56 Å².